The lowest BCUT2D eigenvalue weighted by molar-refractivity contribution is 0.0930. The Bertz CT molecular complexity index is 402. The van der Waals surface area contributed by atoms with Crippen LogP contribution >= 0.6 is 0 Å². The van der Waals surface area contributed by atoms with E-state index in [1.807, 2.05) is 20.8 Å². The summed E-state index contributed by atoms with van der Waals surface area (Å²) in [4.78, 5) is 15.7. The maximum Gasteiger partial charge on any atom is 0.291 e. The molecule has 0 fully saturated rings. The molecule has 1 amide bonds. The molecule has 16 heavy (non-hydrogen) atoms. The molecular formula is C11H16N4O. The second kappa shape index (κ2) is 5.31. The van der Waals surface area contributed by atoms with Gasteiger partial charge in [-0.05, 0) is 6.92 Å². The van der Waals surface area contributed by atoms with Gasteiger partial charge in [-0.2, -0.15) is 0 Å². The van der Waals surface area contributed by atoms with Crippen LogP contribution in [-0.4, -0.2) is 27.1 Å². The fraction of sp³-hybridized carbons (Fsp3) is 0.545. The first-order valence-electron chi connectivity index (χ1n) is 5.21. The van der Waals surface area contributed by atoms with E-state index >= 15 is 0 Å². The van der Waals surface area contributed by atoms with Crippen LogP contribution in [0.5, 0.6) is 0 Å². The maximum absolute atomic E-state index is 11.6. The molecule has 0 aromatic carbocycles. The minimum absolute atomic E-state index is 0.0708. The van der Waals surface area contributed by atoms with Gasteiger partial charge in [-0.15, -0.1) is 17.4 Å². The van der Waals surface area contributed by atoms with E-state index in [-0.39, 0.29) is 23.7 Å². The molecule has 2 N–H and O–H groups in total. The molecule has 5 heteroatoms. The molecule has 0 aliphatic heterocycles. The fourth-order valence-electron chi connectivity index (χ4n) is 1.15. The van der Waals surface area contributed by atoms with Crippen LogP contribution in [0.2, 0.25) is 0 Å². The highest BCUT2D eigenvalue weighted by molar-refractivity contribution is 5.90. The summed E-state index contributed by atoms with van der Waals surface area (Å²) < 4.78 is 0. The van der Waals surface area contributed by atoms with Gasteiger partial charge in [0.1, 0.15) is 5.82 Å². The number of carbonyl (C=O) groups is 1. The lowest BCUT2D eigenvalue weighted by Crippen LogP contribution is -2.32. The zero-order chi connectivity index (χ0) is 12.1. The molecule has 0 radical (unpaired) electrons. The number of nitrogens with zero attached hydrogens (tertiary/aromatic N) is 2. The van der Waals surface area contributed by atoms with Crippen LogP contribution in [0, 0.1) is 12.3 Å². The second-order valence-corrected chi connectivity index (χ2v) is 3.98. The first-order valence-corrected chi connectivity index (χ1v) is 5.21. The van der Waals surface area contributed by atoms with E-state index in [1.54, 1.807) is 0 Å². The van der Waals surface area contributed by atoms with E-state index < -0.39 is 0 Å². The molecule has 1 rings (SSSR count). The van der Waals surface area contributed by atoms with Crippen molar-refractivity contribution in [3.8, 4) is 12.3 Å². The molecule has 1 aromatic rings. The SMILES string of the molecule is C#CCC(C)NC(=O)c1n[nH]c(C(C)C)n1. The number of amides is 1. The summed E-state index contributed by atoms with van der Waals surface area (Å²) in [6.45, 7) is 5.79. The van der Waals surface area contributed by atoms with Crippen LogP contribution in [-0.2, 0) is 0 Å². The molecule has 5 nitrogen and oxygen atoms in total. The quantitative estimate of drug-likeness (QED) is 0.746. The van der Waals surface area contributed by atoms with Crippen LogP contribution < -0.4 is 5.32 Å². The highest BCUT2D eigenvalue weighted by Gasteiger charge is 2.15. The predicted octanol–water partition coefficient (Wildman–Crippen LogP) is 1.07. The topological polar surface area (TPSA) is 70.7 Å². The van der Waals surface area contributed by atoms with Gasteiger partial charge in [0, 0.05) is 18.4 Å². The van der Waals surface area contributed by atoms with E-state index in [2.05, 4.69) is 26.4 Å². The van der Waals surface area contributed by atoms with Crippen LogP contribution in [0.3, 0.4) is 0 Å². The van der Waals surface area contributed by atoms with Crippen molar-refractivity contribution in [3.63, 3.8) is 0 Å². The smallest absolute Gasteiger partial charge is 0.291 e. The minimum atomic E-state index is -0.300. The third kappa shape index (κ3) is 3.09. The first kappa shape index (κ1) is 12.2. The predicted molar refractivity (Wildman–Crippen MR) is 60.8 cm³/mol. The van der Waals surface area contributed by atoms with Crippen molar-refractivity contribution >= 4 is 5.91 Å². The van der Waals surface area contributed by atoms with Crippen molar-refractivity contribution in [2.75, 3.05) is 0 Å². The summed E-state index contributed by atoms with van der Waals surface area (Å²) in [7, 11) is 0. The highest BCUT2D eigenvalue weighted by Crippen LogP contribution is 2.07. The summed E-state index contributed by atoms with van der Waals surface area (Å²) in [5.74, 6) is 3.27. The van der Waals surface area contributed by atoms with Crippen molar-refractivity contribution in [2.45, 2.75) is 39.2 Å². The average Bonchev–Trinajstić information content (AvgIpc) is 2.66. The molecule has 0 aliphatic carbocycles. The fourth-order valence-corrected chi connectivity index (χ4v) is 1.15. The third-order valence-electron chi connectivity index (χ3n) is 2.05. The Labute approximate surface area is 95.0 Å². The number of terminal acetylenes is 1. The van der Waals surface area contributed by atoms with Crippen LogP contribution in [0.1, 0.15) is 49.6 Å². The second-order valence-electron chi connectivity index (χ2n) is 3.98. The molecule has 0 aliphatic rings. The summed E-state index contributed by atoms with van der Waals surface area (Å²) in [5.41, 5.74) is 0. The van der Waals surface area contributed by atoms with Gasteiger partial charge in [0.15, 0.2) is 0 Å². The molecule has 0 saturated carbocycles. The molecule has 1 aromatic heterocycles. The lowest BCUT2D eigenvalue weighted by atomic mass is 10.2. The molecule has 1 heterocycles. The summed E-state index contributed by atoms with van der Waals surface area (Å²) in [5, 5.41) is 9.30. The normalized spacial score (nSPS) is 12.2. The van der Waals surface area contributed by atoms with Crippen LogP contribution in [0.4, 0.5) is 0 Å². The van der Waals surface area contributed by atoms with Gasteiger partial charge in [0.25, 0.3) is 5.91 Å². The molecule has 1 unspecified atom stereocenters. The Morgan fingerprint density at radius 1 is 1.56 bits per heavy atom. The van der Waals surface area contributed by atoms with Crippen molar-refractivity contribution in [3.05, 3.63) is 11.6 Å². The van der Waals surface area contributed by atoms with Gasteiger partial charge in [0.05, 0.1) is 0 Å². The van der Waals surface area contributed by atoms with E-state index in [0.29, 0.717) is 12.2 Å². The lowest BCUT2D eigenvalue weighted by Gasteiger charge is -2.08. The summed E-state index contributed by atoms with van der Waals surface area (Å²) in [6.07, 6.45) is 5.64. The number of carbonyl (C=O) groups excluding carboxylic acids is 1. The Kier molecular flexibility index (Phi) is 4.06. The standard InChI is InChI=1S/C11H16N4O/c1-5-6-8(4)12-11(16)10-13-9(7(2)3)14-15-10/h1,7-8H,6H2,2-4H3,(H,12,16)(H,13,14,15). The van der Waals surface area contributed by atoms with Crippen molar-refractivity contribution in [1.82, 2.24) is 20.5 Å². The van der Waals surface area contributed by atoms with E-state index in [0.717, 1.165) is 0 Å². The van der Waals surface area contributed by atoms with E-state index in [9.17, 15) is 4.79 Å². The summed E-state index contributed by atoms with van der Waals surface area (Å²) >= 11 is 0. The Hall–Kier alpha value is -1.83. The zero-order valence-corrected chi connectivity index (χ0v) is 9.74. The van der Waals surface area contributed by atoms with Crippen LogP contribution in [0.15, 0.2) is 0 Å². The number of aromatic nitrogens is 3. The molecule has 86 valence electrons. The molecule has 1 atom stereocenters. The summed E-state index contributed by atoms with van der Waals surface area (Å²) in [6, 6.07) is -0.0708. The zero-order valence-electron chi connectivity index (χ0n) is 9.74. The monoisotopic (exact) mass is 220 g/mol. The molecule has 0 bridgehead atoms. The number of nitrogens with one attached hydrogen (secondary N) is 2. The van der Waals surface area contributed by atoms with Gasteiger partial charge >= 0.3 is 0 Å². The van der Waals surface area contributed by atoms with E-state index in [1.165, 1.54) is 0 Å². The van der Waals surface area contributed by atoms with Gasteiger partial charge < -0.3 is 5.32 Å². The van der Waals surface area contributed by atoms with Gasteiger partial charge in [-0.1, -0.05) is 13.8 Å². The van der Waals surface area contributed by atoms with Gasteiger partial charge in [-0.25, -0.2) is 4.98 Å². The highest BCUT2D eigenvalue weighted by atomic mass is 16.2. The molecular weight excluding hydrogens is 204 g/mol. The number of H-pyrrole nitrogens is 1. The third-order valence-corrected chi connectivity index (χ3v) is 2.05. The average molecular weight is 220 g/mol. The van der Waals surface area contributed by atoms with Crippen molar-refractivity contribution in [2.24, 2.45) is 0 Å². The number of hydrogen-bond donors (Lipinski definition) is 2. The van der Waals surface area contributed by atoms with Gasteiger partial charge in [0.2, 0.25) is 5.82 Å². The van der Waals surface area contributed by atoms with Crippen molar-refractivity contribution < 1.29 is 4.79 Å². The molecule has 0 saturated heterocycles. The minimum Gasteiger partial charge on any atom is -0.346 e. The Morgan fingerprint density at radius 2 is 2.25 bits per heavy atom. The number of rotatable bonds is 4. The van der Waals surface area contributed by atoms with Crippen LogP contribution in [0.25, 0.3) is 0 Å². The van der Waals surface area contributed by atoms with E-state index in [4.69, 9.17) is 6.42 Å². The number of hydrogen-bond acceptors (Lipinski definition) is 3. The van der Waals surface area contributed by atoms with Gasteiger partial charge in [-0.3, -0.25) is 9.89 Å². The number of aromatic amines is 1. The Morgan fingerprint density at radius 3 is 2.75 bits per heavy atom. The first-order chi connectivity index (χ1) is 7.54. The Balaban J connectivity index is 2.63. The molecule has 0 spiro atoms. The largest absolute Gasteiger partial charge is 0.346 e. The van der Waals surface area contributed by atoms with Crippen molar-refractivity contribution in [1.29, 1.82) is 0 Å². The maximum atomic E-state index is 11.6.